The molecule has 0 aromatic carbocycles. The summed E-state index contributed by atoms with van der Waals surface area (Å²) >= 11 is 0. The highest BCUT2D eigenvalue weighted by molar-refractivity contribution is 7.91. The summed E-state index contributed by atoms with van der Waals surface area (Å²) in [7, 11) is 0.647. The smallest absolute Gasteiger partial charge is 0.0942 e. The molecule has 0 aromatic rings. The standard InChI is InChI=1S/C8H20P2Si2/c1-11(2,3)7-9-8(10-7)12(4,5)6/h9-10H,1-6H3/q-2. The summed E-state index contributed by atoms with van der Waals surface area (Å²) in [4.78, 5) is 0. The fourth-order valence-corrected chi connectivity index (χ4v) is 12.4. The first kappa shape index (κ1) is 11.4. The minimum absolute atomic E-state index is 0.852. The second-order valence-corrected chi connectivity index (χ2v) is 21.0. The minimum atomic E-state index is -0.852. The molecule has 0 aliphatic carbocycles. The lowest BCUT2D eigenvalue weighted by atomic mass is 11.7. The van der Waals surface area contributed by atoms with E-state index in [2.05, 4.69) is 39.3 Å². The fraction of sp³-hybridized carbons (Fsp3) is 0.750. The maximum absolute atomic E-state index is 2.49. The van der Waals surface area contributed by atoms with E-state index in [1.807, 2.05) is 10.0 Å². The number of hydrogen-bond donors (Lipinski definition) is 0. The van der Waals surface area contributed by atoms with E-state index in [0.29, 0.717) is 0 Å². The zero-order chi connectivity index (χ0) is 9.57. The van der Waals surface area contributed by atoms with Gasteiger partial charge >= 0.3 is 0 Å². The summed E-state index contributed by atoms with van der Waals surface area (Å²) in [5.41, 5.74) is 0. The van der Waals surface area contributed by atoms with Gasteiger partial charge in [-0.15, -0.1) is 0 Å². The van der Waals surface area contributed by atoms with Crippen LogP contribution < -0.4 is 0 Å². The molecule has 0 N–H and O–H groups in total. The van der Waals surface area contributed by atoms with Gasteiger partial charge in [0.05, 0.1) is 0 Å². The molecular weight excluding hydrogens is 214 g/mol. The quantitative estimate of drug-likeness (QED) is 0.383. The lowest BCUT2D eigenvalue weighted by molar-refractivity contribution is 1.66. The van der Waals surface area contributed by atoms with Crippen LogP contribution in [0.2, 0.25) is 39.3 Å². The van der Waals surface area contributed by atoms with Gasteiger partial charge in [0.2, 0.25) is 0 Å². The van der Waals surface area contributed by atoms with E-state index in [9.17, 15) is 0 Å². The van der Waals surface area contributed by atoms with E-state index in [1.165, 1.54) is 17.2 Å². The van der Waals surface area contributed by atoms with E-state index in [0.717, 1.165) is 0 Å². The zero-order valence-corrected chi connectivity index (χ0v) is 13.0. The van der Waals surface area contributed by atoms with Crippen LogP contribution in [0.4, 0.5) is 0 Å². The van der Waals surface area contributed by atoms with Crippen molar-refractivity contribution >= 4 is 33.3 Å². The van der Waals surface area contributed by atoms with Crippen LogP contribution in [0.25, 0.3) is 0 Å². The highest BCUT2D eigenvalue weighted by atomic mass is 31.2. The normalized spacial score (nSPS) is 26.5. The Morgan fingerprint density at radius 1 is 0.667 bits per heavy atom. The van der Waals surface area contributed by atoms with Gasteiger partial charge in [0.15, 0.2) is 0 Å². The Bertz CT molecular complexity index is 145. The van der Waals surface area contributed by atoms with Gasteiger partial charge in [-0.1, -0.05) is 55.4 Å². The molecule has 0 amide bonds. The third-order valence-electron chi connectivity index (χ3n) is 2.00. The molecule has 0 bridgehead atoms. The van der Waals surface area contributed by atoms with Crippen LogP contribution in [0.1, 0.15) is 0 Å². The first-order valence-corrected chi connectivity index (χ1v) is 13.5. The number of hydrogen-bond acceptors (Lipinski definition) is 0. The molecule has 0 atom stereocenters. The molecule has 1 heterocycles. The van der Waals surface area contributed by atoms with Crippen LogP contribution in [0.3, 0.4) is 0 Å². The van der Waals surface area contributed by atoms with Crippen molar-refractivity contribution in [3.63, 3.8) is 0 Å². The molecule has 1 rings (SSSR count). The SMILES string of the molecule is C[Si](C)(C)[C-]1P[C-]([Si](C)(C)C)P1. The Morgan fingerprint density at radius 2 is 0.917 bits per heavy atom. The summed E-state index contributed by atoms with van der Waals surface area (Å²) < 4.78 is 0. The maximum Gasteiger partial charge on any atom is -0.0942 e. The number of rotatable bonds is 2. The average molecular weight is 234 g/mol. The van der Waals surface area contributed by atoms with Gasteiger partial charge < -0.3 is 27.2 Å². The van der Waals surface area contributed by atoms with E-state index >= 15 is 0 Å². The van der Waals surface area contributed by atoms with Gasteiger partial charge in [0.1, 0.15) is 0 Å². The Balaban J connectivity index is 2.39. The lowest BCUT2D eigenvalue weighted by Gasteiger charge is -2.73. The zero-order valence-electron chi connectivity index (χ0n) is 9.00. The largest absolute Gasteiger partial charge is 0.442 e. The van der Waals surface area contributed by atoms with Crippen molar-refractivity contribution in [3.8, 4) is 0 Å². The molecule has 0 nitrogen and oxygen atoms in total. The molecule has 1 saturated heterocycles. The molecule has 0 saturated carbocycles. The molecule has 1 aliphatic heterocycles. The van der Waals surface area contributed by atoms with Gasteiger partial charge in [0.25, 0.3) is 0 Å². The summed E-state index contributed by atoms with van der Waals surface area (Å²) in [5, 5.41) is 3.92. The predicted octanol–water partition coefficient (Wildman–Crippen LogP) is 4.09. The third kappa shape index (κ3) is 2.64. The first-order valence-electron chi connectivity index (χ1n) is 4.50. The Labute approximate surface area is 82.9 Å². The van der Waals surface area contributed by atoms with E-state index in [4.69, 9.17) is 0 Å². The molecule has 0 unspecified atom stereocenters. The second-order valence-electron chi connectivity index (χ2n) is 5.50. The summed E-state index contributed by atoms with van der Waals surface area (Å²) in [5.74, 6) is 0. The minimum Gasteiger partial charge on any atom is -0.442 e. The van der Waals surface area contributed by atoms with Gasteiger partial charge in [-0.05, 0) is 0 Å². The van der Waals surface area contributed by atoms with Crippen molar-refractivity contribution < 1.29 is 0 Å². The van der Waals surface area contributed by atoms with Crippen molar-refractivity contribution in [2.24, 2.45) is 0 Å². The molecule has 0 spiro atoms. The Kier molecular flexibility index (Phi) is 3.28. The van der Waals surface area contributed by atoms with Gasteiger partial charge in [-0.3, -0.25) is 0 Å². The van der Waals surface area contributed by atoms with Crippen LogP contribution in [0.15, 0.2) is 0 Å². The van der Waals surface area contributed by atoms with Gasteiger partial charge in [-0.2, -0.15) is 0 Å². The van der Waals surface area contributed by atoms with Crippen LogP contribution in [-0.4, -0.2) is 16.1 Å². The van der Waals surface area contributed by atoms with Gasteiger partial charge in [-0.25, -0.2) is 0 Å². The molecule has 72 valence electrons. The van der Waals surface area contributed by atoms with Crippen LogP contribution in [0.5, 0.6) is 0 Å². The van der Waals surface area contributed by atoms with Crippen LogP contribution in [0, 0.1) is 10.0 Å². The van der Waals surface area contributed by atoms with Gasteiger partial charge in [0, 0.05) is 0 Å². The van der Waals surface area contributed by atoms with Crippen molar-refractivity contribution in [3.05, 3.63) is 10.0 Å². The van der Waals surface area contributed by atoms with Crippen molar-refractivity contribution in [1.29, 1.82) is 0 Å². The predicted molar refractivity (Wildman–Crippen MR) is 69.8 cm³/mol. The molecule has 0 aromatic heterocycles. The first-order chi connectivity index (χ1) is 5.21. The molecule has 12 heavy (non-hydrogen) atoms. The van der Waals surface area contributed by atoms with E-state index in [-0.39, 0.29) is 0 Å². The summed E-state index contributed by atoms with van der Waals surface area (Å²) in [6.07, 6.45) is 0. The highest BCUT2D eigenvalue weighted by Gasteiger charge is 2.21. The molecule has 1 aliphatic rings. The fourth-order valence-electron chi connectivity index (χ4n) is 1.00. The second kappa shape index (κ2) is 3.46. The van der Waals surface area contributed by atoms with Crippen molar-refractivity contribution in [1.82, 2.24) is 0 Å². The topological polar surface area (TPSA) is 0 Å². The molecular formula is C8H20P2Si2-2. The van der Waals surface area contributed by atoms with Crippen molar-refractivity contribution in [2.45, 2.75) is 39.3 Å². The molecule has 4 heteroatoms. The van der Waals surface area contributed by atoms with Crippen molar-refractivity contribution in [2.75, 3.05) is 0 Å². The molecule has 1 fully saturated rings. The summed E-state index contributed by atoms with van der Waals surface area (Å²) in [6.45, 7) is 14.9. The average Bonchev–Trinajstić information content (AvgIpc) is 1.46. The van der Waals surface area contributed by atoms with E-state index < -0.39 is 16.1 Å². The van der Waals surface area contributed by atoms with Crippen LogP contribution in [-0.2, 0) is 0 Å². The van der Waals surface area contributed by atoms with E-state index in [1.54, 1.807) is 0 Å². The monoisotopic (exact) mass is 234 g/mol. The Hall–Kier alpha value is 1.29. The third-order valence-corrected chi connectivity index (χ3v) is 18.0. The summed E-state index contributed by atoms with van der Waals surface area (Å²) in [6, 6.07) is 0. The van der Waals surface area contributed by atoms with Crippen LogP contribution >= 0.6 is 17.2 Å². The molecule has 0 radical (unpaired) electrons. The Morgan fingerprint density at radius 3 is 1.08 bits per heavy atom. The highest BCUT2D eigenvalue weighted by Crippen LogP contribution is 2.74. The maximum atomic E-state index is 2.49. The lowest BCUT2D eigenvalue weighted by Crippen LogP contribution is -2.37.